The van der Waals surface area contributed by atoms with Crippen molar-refractivity contribution in [2.75, 3.05) is 13.2 Å². The van der Waals surface area contributed by atoms with Crippen LogP contribution in [0.2, 0.25) is 5.02 Å². The van der Waals surface area contributed by atoms with E-state index < -0.39 is 0 Å². The number of halogens is 1. The Kier molecular flexibility index (Phi) is 7.13. The highest BCUT2D eigenvalue weighted by Crippen LogP contribution is 2.32. The molecule has 2 rings (SSSR count). The molecule has 1 heterocycles. The van der Waals surface area contributed by atoms with E-state index in [1.165, 1.54) is 11.1 Å². The van der Waals surface area contributed by atoms with Gasteiger partial charge in [0.2, 0.25) is 0 Å². The molecular weight excluding hydrogens is 314 g/mol. The van der Waals surface area contributed by atoms with Crippen LogP contribution in [-0.2, 0) is 0 Å². The zero-order chi connectivity index (χ0) is 15.8. The maximum atomic E-state index is 9.20. The first-order valence-electron chi connectivity index (χ1n) is 7.58. The first kappa shape index (κ1) is 17.2. The average molecular weight is 336 g/mol. The van der Waals surface area contributed by atoms with Crippen molar-refractivity contribution in [2.45, 2.75) is 25.8 Å². The molecule has 0 amide bonds. The molecule has 1 atom stereocenters. The summed E-state index contributed by atoms with van der Waals surface area (Å²) in [5.41, 5.74) is 3.55. The summed E-state index contributed by atoms with van der Waals surface area (Å²) in [4.78, 5) is 0. The van der Waals surface area contributed by atoms with E-state index in [0.717, 1.165) is 23.6 Å². The second-order valence-corrected chi connectivity index (χ2v) is 6.34. The van der Waals surface area contributed by atoms with E-state index in [9.17, 15) is 5.11 Å². The Morgan fingerprint density at radius 2 is 2.27 bits per heavy atom. The van der Waals surface area contributed by atoms with Crippen LogP contribution in [0, 0.1) is 0 Å². The molecule has 0 unspecified atom stereocenters. The van der Waals surface area contributed by atoms with E-state index in [2.05, 4.69) is 41.2 Å². The zero-order valence-corrected chi connectivity index (χ0v) is 14.3. The van der Waals surface area contributed by atoms with Crippen molar-refractivity contribution in [3.8, 4) is 0 Å². The van der Waals surface area contributed by atoms with E-state index in [-0.39, 0.29) is 12.6 Å². The van der Waals surface area contributed by atoms with Crippen LogP contribution in [0.15, 0.2) is 47.2 Å². The fourth-order valence-electron chi connectivity index (χ4n) is 2.43. The van der Waals surface area contributed by atoms with Gasteiger partial charge in [-0.05, 0) is 65.0 Å². The fraction of sp³-hybridized carbons (Fsp3) is 0.333. The highest BCUT2D eigenvalue weighted by Gasteiger charge is 2.18. The zero-order valence-electron chi connectivity index (χ0n) is 12.8. The molecule has 0 saturated heterocycles. The second-order valence-electron chi connectivity index (χ2n) is 5.13. The lowest BCUT2D eigenvalue weighted by Gasteiger charge is -2.23. The fourth-order valence-corrected chi connectivity index (χ4v) is 3.30. The van der Waals surface area contributed by atoms with Gasteiger partial charge in [0.05, 0.1) is 6.04 Å². The van der Waals surface area contributed by atoms with Gasteiger partial charge in [0.1, 0.15) is 0 Å². The molecule has 0 bridgehead atoms. The number of aliphatic hydroxyl groups is 1. The van der Waals surface area contributed by atoms with Crippen molar-refractivity contribution in [1.82, 2.24) is 5.32 Å². The van der Waals surface area contributed by atoms with Crippen LogP contribution < -0.4 is 5.32 Å². The van der Waals surface area contributed by atoms with Crippen LogP contribution in [0.5, 0.6) is 0 Å². The molecule has 2 N–H and O–H groups in total. The first-order valence-corrected chi connectivity index (χ1v) is 8.90. The van der Waals surface area contributed by atoms with Crippen LogP contribution in [0.1, 0.15) is 36.9 Å². The summed E-state index contributed by atoms with van der Waals surface area (Å²) in [6.45, 7) is 3.24. The van der Waals surface area contributed by atoms with Crippen molar-refractivity contribution < 1.29 is 5.11 Å². The van der Waals surface area contributed by atoms with Gasteiger partial charge in [-0.2, -0.15) is 11.3 Å². The third-order valence-electron chi connectivity index (χ3n) is 3.44. The predicted octanol–water partition coefficient (Wildman–Crippen LogP) is 4.91. The van der Waals surface area contributed by atoms with Gasteiger partial charge in [0.15, 0.2) is 0 Å². The van der Waals surface area contributed by atoms with Crippen LogP contribution >= 0.6 is 22.9 Å². The Morgan fingerprint density at radius 1 is 1.41 bits per heavy atom. The van der Waals surface area contributed by atoms with Gasteiger partial charge >= 0.3 is 0 Å². The van der Waals surface area contributed by atoms with Crippen molar-refractivity contribution in [3.63, 3.8) is 0 Å². The molecular formula is C18H22ClNOS. The quantitative estimate of drug-likeness (QED) is 0.718. The van der Waals surface area contributed by atoms with Gasteiger partial charge < -0.3 is 10.4 Å². The topological polar surface area (TPSA) is 32.3 Å². The molecule has 0 saturated carbocycles. The summed E-state index contributed by atoms with van der Waals surface area (Å²) in [5, 5.41) is 17.8. The summed E-state index contributed by atoms with van der Waals surface area (Å²) >= 11 is 7.86. The predicted molar refractivity (Wildman–Crippen MR) is 96.5 cm³/mol. The van der Waals surface area contributed by atoms with Crippen LogP contribution in [-0.4, -0.2) is 18.3 Å². The molecule has 0 aliphatic heterocycles. The van der Waals surface area contributed by atoms with E-state index >= 15 is 0 Å². The lowest BCUT2D eigenvalue weighted by atomic mass is 9.93. The minimum absolute atomic E-state index is 0.0831. The molecule has 22 heavy (non-hydrogen) atoms. The smallest absolute Gasteiger partial charge is 0.0580 e. The summed E-state index contributed by atoms with van der Waals surface area (Å²) in [7, 11) is 0. The highest BCUT2D eigenvalue weighted by molar-refractivity contribution is 7.08. The van der Waals surface area contributed by atoms with E-state index in [4.69, 9.17) is 11.6 Å². The molecule has 0 fully saturated rings. The average Bonchev–Trinajstić information content (AvgIpc) is 3.04. The molecule has 118 valence electrons. The summed E-state index contributed by atoms with van der Waals surface area (Å²) < 4.78 is 0. The van der Waals surface area contributed by atoms with Crippen molar-refractivity contribution in [3.05, 3.63) is 63.3 Å². The Morgan fingerprint density at radius 3 is 2.91 bits per heavy atom. The van der Waals surface area contributed by atoms with E-state index in [1.807, 2.05) is 18.2 Å². The molecule has 1 aromatic carbocycles. The van der Waals surface area contributed by atoms with Gasteiger partial charge in [-0.25, -0.2) is 0 Å². The largest absolute Gasteiger partial charge is 0.396 e. The number of nitrogens with one attached hydrogen (secondary N) is 1. The Labute approximate surface area is 141 Å². The monoisotopic (exact) mass is 335 g/mol. The molecule has 0 aliphatic rings. The minimum Gasteiger partial charge on any atom is -0.396 e. The standard InChI is InChI=1S/C18H22ClNOS/c1-2-9-20-18(14-5-3-6-16(19)12-14)17(7-4-10-21)15-8-11-22-13-15/h3,5-8,11-13,18,20-21H,2,4,9-10H2,1H3/b17-7+/t18-/m0/s1. The van der Waals surface area contributed by atoms with E-state index in [0.29, 0.717) is 6.42 Å². The van der Waals surface area contributed by atoms with Gasteiger partial charge in [0.25, 0.3) is 0 Å². The SMILES string of the molecule is CCCN[C@H](/C(=C/CCO)c1ccsc1)c1cccc(Cl)c1. The second kappa shape index (κ2) is 9.11. The van der Waals surface area contributed by atoms with Gasteiger partial charge in [-0.15, -0.1) is 0 Å². The van der Waals surface area contributed by atoms with Crippen molar-refractivity contribution >= 4 is 28.5 Å². The number of benzene rings is 1. The minimum atomic E-state index is 0.0831. The molecule has 0 spiro atoms. The molecule has 1 aromatic heterocycles. The third-order valence-corrected chi connectivity index (χ3v) is 4.36. The summed E-state index contributed by atoms with van der Waals surface area (Å²) in [6, 6.07) is 10.2. The first-order chi connectivity index (χ1) is 10.8. The Hall–Kier alpha value is -1.13. The molecule has 2 aromatic rings. The molecule has 2 nitrogen and oxygen atoms in total. The lowest BCUT2D eigenvalue weighted by Crippen LogP contribution is -2.23. The van der Waals surface area contributed by atoms with Crippen LogP contribution in [0.25, 0.3) is 5.57 Å². The number of rotatable bonds is 8. The number of aliphatic hydroxyl groups excluding tert-OH is 1. The maximum absolute atomic E-state index is 9.20. The third kappa shape index (κ3) is 4.68. The Balaban J connectivity index is 2.40. The van der Waals surface area contributed by atoms with Crippen LogP contribution in [0.4, 0.5) is 0 Å². The maximum Gasteiger partial charge on any atom is 0.0580 e. The number of hydrogen-bond acceptors (Lipinski definition) is 3. The summed E-state index contributed by atoms with van der Waals surface area (Å²) in [5.74, 6) is 0. The van der Waals surface area contributed by atoms with Gasteiger partial charge in [-0.3, -0.25) is 0 Å². The molecule has 0 radical (unpaired) electrons. The highest BCUT2D eigenvalue weighted by atomic mass is 35.5. The van der Waals surface area contributed by atoms with Gasteiger partial charge in [-0.1, -0.05) is 36.7 Å². The summed E-state index contributed by atoms with van der Waals surface area (Å²) in [6.07, 6.45) is 3.83. The van der Waals surface area contributed by atoms with Crippen LogP contribution in [0.3, 0.4) is 0 Å². The lowest BCUT2D eigenvalue weighted by molar-refractivity contribution is 0.302. The van der Waals surface area contributed by atoms with Crippen molar-refractivity contribution in [2.24, 2.45) is 0 Å². The number of hydrogen-bond donors (Lipinski definition) is 2. The van der Waals surface area contributed by atoms with Crippen molar-refractivity contribution in [1.29, 1.82) is 0 Å². The molecule has 0 aliphatic carbocycles. The molecule has 4 heteroatoms. The Bertz CT molecular complexity index is 595. The number of thiophene rings is 1. The van der Waals surface area contributed by atoms with Gasteiger partial charge in [0, 0.05) is 11.6 Å². The van der Waals surface area contributed by atoms with E-state index in [1.54, 1.807) is 11.3 Å². The normalized spacial score (nSPS) is 13.3.